The zero-order valence-electron chi connectivity index (χ0n) is 14.7. The van der Waals surface area contributed by atoms with E-state index in [0.717, 1.165) is 36.5 Å². The highest BCUT2D eigenvalue weighted by atomic mass is 16.3. The second-order valence-corrected chi connectivity index (χ2v) is 9.52. The largest absolute Gasteiger partial charge is 0.393 e. The number of nitrogens with zero attached hydrogens (tertiary/aromatic N) is 1. The number of nitrogens with one attached hydrogen (secondary N) is 2. The third-order valence-electron chi connectivity index (χ3n) is 8.88. The lowest BCUT2D eigenvalue weighted by Crippen LogP contribution is -2.78. The van der Waals surface area contributed by atoms with Gasteiger partial charge in [0.1, 0.15) is 0 Å². The number of hydrazine groups is 1. The van der Waals surface area contributed by atoms with Crippen LogP contribution in [0, 0.1) is 34.5 Å². The molecule has 0 aromatic rings. The van der Waals surface area contributed by atoms with E-state index in [9.17, 15) is 5.11 Å². The number of rotatable bonds is 2. The molecular weight excluding hydrogens is 286 g/mol. The molecule has 4 nitrogen and oxygen atoms in total. The third kappa shape index (κ3) is 2.20. The van der Waals surface area contributed by atoms with Crippen molar-refractivity contribution in [1.82, 2.24) is 5.43 Å². The fraction of sp³-hybridized carbons (Fsp3) is 1.00. The minimum Gasteiger partial charge on any atom is -0.393 e. The first-order chi connectivity index (χ1) is 11.0. The van der Waals surface area contributed by atoms with Crippen LogP contribution < -0.4 is 10.6 Å². The van der Waals surface area contributed by atoms with E-state index in [4.69, 9.17) is 5.53 Å². The second kappa shape index (κ2) is 5.44. The Balaban J connectivity index is 1.56. The molecule has 0 saturated heterocycles. The zero-order valence-corrected chi connectivity index (χ0v) is 14.7. The number of fused-ring (bicyclic) bond motifs is 5. The molecule has 0 spiro atoms. The van der Waals surface area contributed by atoms with Gasteiger partial charge in [-0.2, -0.15) is 10.8 Å². The van der Waals surface area contributed by atoms with Gasteiger partial charge in [-0.05, 0) is 92.3 Å². The lowest BCUT2D eigenvalue weighted by Gasteiger charge is -2.61. The van der Waals surface area contributed by atoms with Crippen LogP contribution in [0.2, 0.25) is 0 Å². The fourth-order valence-electron chi connectivity index (χ4n) is 7.45. The Morgan fingerprint density at radius 3 is 2.48 bits per heavy atom. The fourth-order valence-corrected chi connectivity index (χ4v) is 7.45. The van der Waals surface area contributed by atoms with E-state index in [1.807, 2.05) is 0 Å². The molecule has 3 N–H and O–H groups in total. The molecule has 4 saturated carbocycles. The van der Waals surface area contributed by atoms with Crippen molar-refractivity contribution in [3.8, 4) is 0 Å². The van der Waals surface area contributed by atoms with E-state index >= 15 is 0 Å². The molecule has 0 radical (unpaired) electrons. The van der Waals surface area contributed by atoms with Crippen LogP contribution in [0.25, 0.3) is 5.53 Å². The van der Waals surface area contributed by atoms with Crippen LogP contribution in [-0.2, 0) is 0 Å². The maximum atomic E-state index is 10.5. The highest BCUT2D eigenvalue weighted by Crippen LogP contribution is 2.66. The molecule has 0 aromatic heterocycles. The van der Waals surface area contributed by atoms with Crippen molar-refractivity contribution < 1.29 is 10.3 Å². The van der Waals surface area contributed by atoms with Crippen molar-refractivity contribution >= 4 is 0 Å². The molecule has 0 amide bonds. The lowest BCUT2D eigenvalue weighted by molar-refractivity contribution is -0.557. The van der Waals surface area contributed by atoms with Gasteiger partial charge in [0, 0.05) is 6.04 Å². The van der Waals surface area contributed by atoms with Crippen LogP contribution in [0.3, 0.4) is 0 Å². The Kier molecular flexibility index (Phi) is 3.75. The minimum atomic E-state index is -0.0606. The first-order valence-corrected chi connectivity index (χ1v) is 9.81. The molecule has 23 heavy (non-hydrogen) atoms. The summed E-state index contributed by atoms with van der Waals surface area (Å²) >= 11 is 0. The van der Waals surface area contributed by atoms with Gasteiger partial charge in [0.2, 0.25) is 0 Å². The molecule has 4 aliphatic rings. The normalized spacial score (nSPS) is 55.4. The average Bonchev–Trinajstić information content (AvgIpc) is 2.84. The Bertz CT molecular complexity index is 483. The quantitative estimate of drug-likeness (QED) is 0.540. The number of aliphatic hydroxyl groups is 1. The Hall–Kier alpha value is -0.640. The summed E-state index contributed by atoms with van der Waals surface area (Å²) in [5.74, 6) is 3.24. The van der Waals surface area contributed by atoms with Gasteiger partial charge >= 0.3 is 0 Å². The number of aliphatic hydroxyl groups excluding tert-OH is 1. The van der Waals surface area contributed by atoms with Crippen LogP contribution in [0.4, 0.5) is 0 Å². The van der Waals surface area contributed by atoms with Crippen molar-refractivity contribution in [3.63, 3.8) is 0 Å². The first kappa shape index (κ1) is 15.9. The summed E-state index contributed by atoms with van der Waals surface area (Å²) in [6, 6.07) is 0.414. The van der Waals surface area contributed by atoms with E-state index in [-0.39, 0.29) is 11.5 Å². The van der Waals surface area contributed by atoms with Crippen LogP contribution >= 0.6 is 0 Å². The van der Waals surface area contributed by atoms with Gasteiger partial charge in [-0.1, -0.05) is 13.8 Å². The van der Waals surface area contributed by atoms with E-state index in [1.165, 1.54) is 44.9 Å². The monoisotopic (exact) mass is 319 g/mol. The third-order valence-corrected chi connectivity index (χ3v) is 8.88. The highest BCUT2D eigenvalue weighted by Gasteiger charge is 2.59. The topological polar surface area (TPSA) is 68.5 Å². The summed E-state index contributed by atoms with van der Waals surface area (Å²) in [7, 11) is 0. The van der Waals surface area contributed by atoms with E-state index in [1.54, 1.807) is 0 Å². The first-order valence-electron chi connectivity index (χ1n) is 9.81. The molecule has 0 unspecified atom stereocenters. The van der Waals surface area contributed by atoms with E-state index < -0.39 is 0 Å². The minimum absolute atomic E-state index is 0.0606. The van der Waals surface area contributed by atoms with Gasteiger partial charge in [-0.15, -0.1) is 0 Å². The van der Waals surface area contributed by atoms with E-state index in [0.29, 0.717) is 11.5 Å². The van der Waals surface area contributed by atoms with Crippen LogP contribution in [0.15, 0.2) is 0 Å². The van der Waals surface area contributed by atoms with Gasteiger partial charge in [0.15, 0.2) is 0 Å². The standard InChI is InChI=1S/C19H33N3O/c1-18-9-7-13(21-22-20)11-12(18)3-4-14-15-5-6-17(23)19(15,2)10-8-16(14)18/h12-17,22-23H,3-11H2,1-2H3,(H-,20,21)/t12-,13+,14+,15+,16+,17+,18-,19-/m0/s1. The van der Waals surface area contributed by atoms with Gasteiger partial charge in [-0.3, -0.25) is 5.43 Å². The Morgan fingerprint density at radius 1 is 0.957 bits per heavy atom. The predicted octanol–water partition coefficient (Wildman–Crippen LogP) is 2.37. The smallest absolute Gasteiger partial charge is 0.0596 e. The molecule has 4 rings (SSSR count). The van der Waals surface area contributed by atoms with Crippen molar-refractivity contribution in [2.24, 2.45) is 34.5 Å². The molecule has 4 heteroatoms. The molecule has 0 aromatic carbocycles. The summed E-state index contributed by atoms with van der Waals surface area (Å²) in [5.41, 5.74) is 12.6. The van der Waals surface area contributed by atoms with Crippen molar-refractivity contribution in [1.29, 1.82) is 0 Å². The van der Waals surface area contributed by atoms with Crippen LogP contribution in [-0.4, -0.2) is 17.3 Å². The molecule has 4 fully saturated rings. The van der Waals surface area contributed by atoms with Crippen molar-refractivity contribution in [2.45, 2.75) is 83.8 Å². The summed E-state index contributed by atoms with van der Waals surface area (Å²) in [6.07, 6.45) is 11.1. The Morgan fingerprint density at radius 2 is 1.70 bits per heavy atom. The van der Waals surface area contributed by atoms with Crippen molar-refractivity contribution in [3.05, 3.63) is 5.53 Å². The van der Waals surface area contributed by atoms with Crippen LogP contribution in [0.1, 0.15) is 71.6 Å². The highest BCUT2D eigenvalue weighted by molar-refractivity contribution is 5.09. The molecule has 130 valence electrons. The average molecular weight is 319 g/mol. The maximum absolute atomic E-state index is 10.5. The van der Waals surface area contributed by atoms with Gasteiger partial charge in [0.05, 0.1) is 6.10 Å². The number of hydrogen-bond donors (Lipinski definition) is 3. The molecule has 8 atom stereocenters. The van der Waals surface area contributed by atoms with Crippen molar-refractivity contribution in [2.75, 3.05) is 0 Å². The molecular formula is C19H33N3O. The molecule has 0 aliphatic heterocycles. The van der Waals surface area contributed by atoms with Gasteiger partial charge in [0.25, 0.3) is 0 Å². The second-order valence-electron chi connectivity index (χ2n) is 9.52. The Labute approximate surface area is 140 Å². The summed E-state index contributed by atoms with van der Waals surface area (Å²) in [6.45, 7) is 4.93. The maximum Gasteiger partial charge on any atom is 0.0596 e. The molecule has 0 heterocycles. The van der Waals surface area contributed by atoms with Gasteiger partial charge < -0.3 is 5.11 Å². The molecule has 0 bridgehead atoms. The number of hydrogen-bond acceptors (Lipinski definition) is 1. The molecule has 4 aliphatic carbocycles. The predicted molar refractivity (Wildman–Crippen MR) is 89.0 cm³/mol. The summed E-state index contributed by atoms with van der Waals surface area (Å²) < 4.78 is 0. The van der Waals surface area contributed by atoms with Crippen LogP contribution in [0.5, 0.6) is 0 Å². The van der Waals surface area contributed by atoms with Gasteiger partial charge in [-0.25, -0.2) is 0 Å². The zero-order chi connectivity index (χ0) is 16.2. The van der Waals surface area contributed by atoms with E-state index in [2.05, 4.69) is 24.5 Å². The summed E-state index contributed by atoms with van der Waals surface area (Å²) in [4.78, 5) is 0. The summed E-state index contributed by atoms with van der Waals surface area (Å²) in [5, 5.41) is 12.7. The lowest BCUT2D eigenvalue weighted by atomic mass is 9.45. The SMILES string of the molecule is C[C@]12CC[C@@H](N[NH+]=[N-])C[C@@H]1CC[C@H]1[C@H]2CC[C@]2(C)[C@H](O)CC[C@H]12.